The molecule has 1 nitrogen and oxygen atoms in total. The molecule has 0 saturated heterocycles. The second-order valence-corrected chi connectivity index (χ2v) is 8.51. The molecule has 0 fully saturated rings. The SMILES string of the molecule is CC(Br)(CC(Cl)(Cl)Cl)c1nc(Cl)ccc1Cl. The van der Waals surface area contributed by atoms with Crippen molar-refractivity contribution < 1.29 is 0 Å². The number of alkyl halides is 4. The molecule has 1 aromatic rings. The van der Waals surface area contributed by atoms with Gasteiger partial charge < -0.3 is 0 Å². The van der Waals surface area contributed by atoms with Crippen molar-refractivity contribution in [3.05, 3.63) is 28.0 Å². The molecule has 90 valence electrons. The topological polar surface area (TPSA) is 12.9 Å². The van der Waals surface area contributed by atoms with E-state index < -0.39 is 8.12 Å². The smallest absolute Gasteiger partial charge is 0.192 e. The summed E-state index contributed by atoms with van der Waals surface area (Å²) in [5.74, 6) is 0. The molecule has 0 amide bonds. The molecule has 1 heterocycles. The lowest BCUT2D eigenvalue weighted by atomic mass is 10.0. The van der Waals surface area contributed by atoms with Crippen LogP contribution in [0.1, 0.15) is 19.0 Å². The third kappa shape index (κ3) is 4.40. The molecular formula is C9H7BrCl5N. The summed E-state index contributed by atoms with van der Waals surface area (Å²) in [7, 11) is 0. The van der Waals surface area contributed by atoms with E-state index in [2.05, 4.69) is 20.9 Å². The maximum absolute atomic E-state index is 6.03. The van der Waals surface area contributed by atoms with Gasteiger partial charge in [0.15, 0.2) is 3.79 Å². The Labute approximate surface area is 127 Å². The van der Waals surface area contributed by atoms with Gasteiger partial charge in [0.05, 0.1) is 15.0 Å². The summed E-state index contributed by atoms with van der Waals surface area (Å²) in [6.45, 7) is 1.82. The van der Waals surface area contributed by atoms with Crippen molar-refractivity contribution in [2.75, 3.05) is 0 Å². The number of rotatable bonds is 2. The molecule has 0 spiro atoms. The summed E-state index contributed by atoms with van der Waals surface area (Å²) in [6.07, 6.45) is 0.220. The monoisotopic (exact) mass is 383 g/mol. The molecule has 1 rings (SSSR count). The van der Waals surface area contributed by atoms with Gasteiger partial charge in [0.2, 0.25) is 0 Å². The average molecular weight is 386 g/mol. The summed E-state index contributed by atoms with van der Waals surface area (Å²) in [5, 5.41) is 0.812. The van der Waals surface area contributed by atoms with Crippen LogP contribution in [0.3, 0.4) is 0 Å². The molecule has 1 aromatic heterocycles. The Balaban J connectivity index is 3.11. The Kier molecular flexibility index (Phi) is 5.09. The first-order valence-corrected chi connectivity index (χ1v) is 6.88. The Morgan fingerprint density at radius 1 is 1.25 bits per heavy atom. The molecule has 0 radical (unpaired) electrons. The summed E-state index contributed by atoms with van der Waals surface area (Å²) in [5.41, 5.74) is 0.549. The van der Waals surface area contributed by atoms with Gasteiger partial charge in [0.25, 0.3) is 0 Å². The summed E-state index contributed by atoms with van der Waals surface area (Å²) in [6, 6.07) is 3.26. The highest BCUT2D eigenvalue weighted by Crippen LogP contribution is 2.46. The standard InChI is InChI=1S/C9H7BrCl5N/c1-8(10,4-9(13,14)15)7-5(11)2-3-6(12)16-7/h2-3H,4H2,1H3. The summed E-state index contributed by atoms with van der Waals surface area (Å²) in [4.78, 5) is 4.14. The molecular weight excluding hydrogens is 379 g/mol. The predicted molar refractivity (Wildman–Crippen MR) is 75.4 cm³/mol. The summed E-state index contributed by atoms with van der Waals surface area (Å²) < 4.78 is -2.05. The van der Waals surface area contributed by atoms with Crippen molar-refractivity contribution in [3.63, 3.8) is 0 Å². The Morgan fingerprint density at radius 3 is 2.31 bits per heavy atom. The number of pyridine rings is 1. The van der Waals surface area contributed by atoms with E-state index in [0.717, 1.165) is 0 Å². The van der Waals surface area contributed by atoms with E-state index in [9.17, 15) is 0 Å². The zero-order valence-corrected chi connectivity index (χ0v) is 13.4. The van der Waals surface area contributed by atoms with E-state index in [4.69, 9.17) is 58.0 Å². The van der Waals surface area contributed by atoms with E-state index in [1.165, 1.54) is 0 Å². The first kappa shape index (κ1) is 15.1. The fourth-order valence-corrected chi connectivity index (χ4v) is 3.83. The number of hydrogen-bond acceptors (Lipinski definition) is 1. The van der Waals surface area contributed by atoms with Gasteiger partial charge in [-0.15, -0.1) is 0 Å². The maximum Gasteiger partial charge on any atom is 0.192 e. The van der Waals surface area contributed by atoms with Gasteiger partial charge in [0, 0.05) is 6.42 Å². The van der Waals surface area contributed by atoms with Crippen molar-refractivity contribution in [2.24, 2.45) is 0 Å². The van der Waals surface area contributed by atoms with Crippen LogP contribution in [0, 0.1) is 0 Å². The van der Waals surface area contributed by atoms with Crippen LogP contribution in [0.4, 0.5) is 0 Å². The molecule has 0 bridgehead atoms. The second kappa shape index (κ2) is 5.38. The van der Waals surface area contributed by atoms with Crippen molar-refractivity contribution in [2.45, 2.75) is 21.5 Å². The largest absolute Gasteiger partial charge is 0.238 e. The first-order valence-electron chi connectivity index (χ1n) is 4.20. The molecule has 1 unspecified atom stereocenters. The van der Waals surface area contributed by atoms with Crippen molar-refractivity contribution in [3.8, 4) is 0 Å². The van der Waals surface area contributed by atoms with Crippen molar-refractivity contribution >= 4 is 73.9 Å². The zero-order chi connectivity index (χ0) is 12.6. The van der Waals surface area contributed by atoms with Crippen LogP contribution in [-0.2, 0) is 4.32 Å². The van der Waals surface area contributed by atoms with Gasteiger partial charge in [-0.25, -0.2) is 4.98 Å². The van der Waals surface area contributed by atoms with Crippen LogP contribution in [0.15, 0.2) is 12.1 Å². The molecule has 1 atom stereocenters. The third-order valence-electron chi connectivity index (χ3n) is 1.84. The van der Waals surface area contributed by atoms with Crippen LogP contribution in [-0.4, -0.2) is 8.78 Å². The fraction of sp³-hybridized carbons (Fsp3) is 0.444. The van der Waals surface area contributed by atoms with Crippen LogP contribution in [0.2, 0.25) is 10.2 Å². The minimum Gasteiger partial charge on any atom is -0.238 e. The summed E-state index contributed by atoms with van der Waals surface area (Å²) >= 11 is 32.6. The van der Waals surface area contributed by atoms with Gasteiger partial charge in [-0.05, 0) is 19.1 Å². The van der Waals surface area contributed by atoms with Gasteiger partial charge in [0.1, 0.15) is 5.15 Å². The third-order valence-corrected chi connectivity index (χ3v) is 3.41. The van der Waals surface area contributed by atoms with E-state index in [0.29, 0.717) is 15.9 Å². The average Bonchev–Trinajstić information content (AvgIpc) is 2.04. The molecule has 0 aliphatic carbocycles. The predicted octanol–water partition coefficient (Wildman–Crippen LogP) is 5.76. The van der Waals surface area contributed by atoms with Crippen LogP contribution in [0.25, 0.3) is 0 Å². The Hall–Kier alpha value is 1.08. The van der Waals surface area contributed by atoms with Crippen LogP contribution < -0.4 is 0 Å². The van der Waals surface area contributed by atoms with Gasteiger partial charge in [-0.1, -0.05) is 73.9 Å². The lowest BCUT2D eigenvalue weighted by Gasteiger charge is -2.26. The van der Waals surface area contributed by atoms with Gasteiger partial charge >= 0.3 is 0 Å². The van der Waals surface area contributed by atoms with Crippen LogP contribution in [0.5, 0.6) is 0 Å². The van der Waals surface area contributed by atoms with Gasteiger partial charge in [-0.3, -0.25) is 0 Å². The zero-order valence-electron chi connectivity index (χ0n) is 8.08. The fourth-order valence-electron chi connectivity index (χ4n) is 1.24. The quantitative estimate of drug-likeness (QED) is 0.465. The number of halogens is 6. The minimum atomic E-state index is -1.40. The Bertz CT molecular complexity index is 388. The molecule has 0 aromatic carbocycles. The van der Waals surface area contributed by atoms with E-state index >= 15 is 0 Å². The number of aromatic nitrogens is 1. The van der Waals surface area contributed by atoms with Gasteiger partial charge in [-0.2, -0.15) is 0 Å². The first-order chi connectivity index (χ1) is 7.12. The number of nitrogens with zero attached hydrogens (tertiary/aromatic N) is 1. The maximum atomic E-state index is 6.03. The molecule has 0 N–H and O–H groups in total. The second-order valence-electron chi connectivity index (χ2n) is 3.45. The molecule has 7 heteroatoms. The van der Waals surface area contributed by atoms with E-state index in [1.54, 1.807) is 12.1 Å². The van der Waals surface area contributed by atoms with Crippen LogP contribution >= 0.6 is 73.9 Å². The van der Waals surface area contributed by atoms with Crippen molar-refractivity contribution in [1.82, 2.24) is 4.98 Å². The normalized spacial score (nSPS) is 15.9. The van der Waals surface area contributed by atoms with Crippen molar-refractivity contribution in [1.29, 1.82) is 0 Å². The Morgan fingerprint density at radius 2 is 1.81 bits per heavy atom. The molecule has 0 aliphatic rings. The lowest BCUT2D eigenvalue weighted by Crippen LogP contribution is -2.23. The highest BCUT2D eigenvalue weighted by atomic mass is 79.9. The van der Waals surface area contributed by atoms with E-state index in [1.807, 2.05) is 6.92 Å². The molecule has 0 saturated carbocycles. The molecule has 0 aliphatic heterocycles. The van der Waals surface area contributed by atoms with E-state index in [-0.39, 0.29) is 6.42 Å². The number of hydrogen-bond donors (Lipinski definition) is 0. The highest BCUT2D eigenvalue weighted by molar-refractivity contribution is 9.09. The minimum absolute atomic E-state index is 0.220. The molecule has 16 heavy (non-hydrogen) atoms. The lowest BCUT2D eigenvalue weighted by molar-refractivity contribution is 0.628. The highest BCUT2D eigenvalue weighted by Gasteiger charge is 2.36.